The van der Waals surface area contributed by atoms with Crippen molar-refractivity contribution in [1.82, 2.24) is 0 Å². The van der Waals surface area contributed by atoms with Crippen molar-refractivity contribution in [3.8, 4) is 5.75 Å². The van der Waals surface area contributed by atoms with Crippen LogP contribution in [0.15, 0.2) is 21.1 Å². The number of ether oxygens (including phenoxy) is 1. The van der Waals surface area contributed by atoms with Crippen LogP contribution in [0, 0.1) is 0 Å². The topological polar surface area (TPSA) is 35.2 Å². The summed E-state index contributed by atoms with van der Waals surface area (Å²) in [6.45, 7) is 0.462. The van der Waals surface area contributed by atoms with Gasteiger partial charge in [0.05, 0.1) is 11.6 Å². The van der Waals surface area contributed by atoms with Gasteiger partial charge in [0.15, 0.2) is 0 Å². The Kier molecular flexibility index (Phi) is 3.55. The maximum absolute atomic E-state index is 5.57. The largest absolute Gasteiger partial charge is 0.495 e. The minimum Gasteiger partial charge on any atom is -0.495 e. The normalized spacial score (nSPS) is 10.0. The van der Waals surface area contributed by atoms with Crippen LogP contribution in [0.4, 0.5) is 0 Å². The fourth-order valence-corrected chi connectivity index (χ4v) is 1.99. The van der Waals surface area contributed by atoms with Gasteiger partial charge in [0.25, 0.3) is 0 Å². The molecule has 4 heteroatoms. The minimum atomic E-state index is 0.462. The summed E-state index contributed by atoms with van der Waals surface area (Å²) in [7, 11) is 1.63. The van der Waals surface area contributed by atoms with Crippen molar-refractivity contribution in [1.29, 1.82) is 0 Å². The van der Waals surface area contributed by atoms with Crippen molar-refractivity contribution in [2.24, 2.45) is 5.73 Å². The monoisotopic (exact) mass is 293 g/mol. The molecule has 0 aliphatic rings. The molecule has 0 atom stereocenters. The lowest BCUT2D eigenvalue weighted by molar-refractivity contribution is 0.406. The summed E-state index contributed by atoms with van der Waals surface area (Å²) in [4.78, 5) is 0. The zero-order chi connectivity index (χ0) is 9.14. The molecule has 1 aromatic carbocycles. The van der Waals surface area contributed by atoms with E-state index in [4.69, 9.17) is 10.5 Å². The van der Waals surface area contributed by atoms with Crippen LogP contribution in [0.3, 0.4) is 0 Å². The Hall–Kier alpha value is -0.0600. The Bertz CT molecular complexity index is 260. The Balaban J connectivity index is 3.28. The van der Waals surface area contributed by atoms with Gasteiger partial charge in [-0.2, -0.15) is 0 Å². The lowest BCUT2D eigenvalue weighted by atomic mass is 10.2. The van der Waals surface area contributed by atoms with E-state index in [0.29, 0.717) is 6.54 Å². The number of benzene rings is 1. The molecule has 0 saturated carbocycles. The van der Waals surface area contributed by atoms with Crippen molar-refractivity contribution >= 4 is 31.9 Å². The van der Waals surface area contributed by atoms with Crippen molar-refractivity contribution in [2.75, 3.05) is 7.11 Å². The molecule has 0 spiro atoms. The molecule has 0 fully saturated rings. The van der Waals surface area contributed by atoms with Crippen molar-refractivity contribution in [3.05, 3.63) is 26.6 Å². The Morgan fingerprint density at radius 2 is 1.92 bits per heavy atom. The first-order chi connectivity index (χ1) is 5.70. The lowest BCUT2D eigenvalue weighted by Gasteiger charge is -2.10. The van der Waals surface area contributed by atoms with E-state index in [-0.39, 0.29) is 0 Å². The SMILES string of the molecule is COc1c(Br)ccc(Br)c1CN. The average Bonchev–Trinajstić information content (AvgIpc) is 2.08. The molecule has 2 N–H and O–H groups in total. The first-order valence-electron chi connectivity index (χ1n) is 3.41. The molecule has 0 aromatic heterocycles. The highest BCUT2D eigenvalue weighted by Gasteiger charge is 2.08. The van der Waals surface area contributed by atoms with Crippen molar-refractivity contribution in [3.63, 3.8) is 0 Å². The molecule has 0 heterocycles. The van der Waals surface area contributed by atoms with Gasteiger partial charge in [0.1, 0.15) is 5.75 Å². The van der Waals surface area contributed by atoms with Crippen LogP contribution in [0.2, 0.25) is 0 Å². The molecule has 0 aliphatic carbocycles. The van der Waals surface area contributed by atoms with E-state index in [1.165, 1.54) is 0 Å². The summed E-state index contributed by atoms with van der Waals surface area (Å²) in [6, 6.07) is 3.86. The molecule has 0 bridgehead atoms. The van der Waals surface area contributed by atoms with E-state index in [1.807, 2.05) is 12.1 Å². The Morgan fingerprint density at radius 3 is 2.33 bits per heavy atom. The first kappa shape index (κ1) is 10.0. The van der Waals surface area contributed by atoms with Gasteiger partial charge in [-0.1, -0.05) is 15.9 Å². The number of halogens is 2. The van der Waals surface area contributed by atoms with Gasteiger partial charge >= 0.3 is 0 Å². The first-order valence-corrected chi connectivity index (χ1v) is 5.00. The molecule has 0 unspecified atom stereocenters. The fourth-order valence-electron chi connectivity index (χ4n) is 0.986. The zero-order valence-corrected chi connectivity index (χ0v) is 9.78. The van der Waals surface area contributed by atoms with Gasteiger partial charge in [-0.05, 0) is 28.1 Å². The molecule has 0 saturated heterocycles. The molecular weight excluding hydrogens is 286 g/mol. The summed E-state index contributed by atoms with van der Waals surface area (Å²) in [5.74, 6) is 0.798. The summed E-state index contributed by atoms with van der Waals surface area (Å²) in [6.07, 6.45) is 0. The quantitative estimate of drug-likeness (QED) is 0.910. The Morgan fingerprint density at radius 1 is 1.33 bits per heavy atom. The van der Waals surface area contributed by atoms with Crippen molar-refractivity contribution < 1.29 is 4.74 Å². The second kappa shape index (κ2) is 4.25. The van der Waals surface area contributed by atoms with Crippen LogP contribution < -0.4 is 10.5 Å². The van der Waals surface area contributed by atoms with E-state index >= 15 is 0 Å². The second-order valence-corrected chi connectivity index (χ2v) is 3.95. The standard InChI is InChI=1S/C8H9Br2NO/c1-12-8-5(4-11)6(9)2-3-7(8)10/h2-3H,4,11H2,1H3. The van der Waals surface area contributed by atoms with Gasteiger partial charge < -0.3 is 10.5 Å². The molecule has 0 aliphatic heterocycles. The van der Waals surface area contributed by atoms with E-state index in [2.05, 4.69) is 31.9 Å². The van der Waals surface area contributed by atoms with E-state index in [0.717, 1.165) is 20.3 Å². The smallest absolute Gasteiger partial charge is 0.138 e. The van der Waals surface area contributed by atoms with Crippen molar-refractivity contribution in [2.45, 2.75) is 6.54 Å². The molecule has 12 heavy (non-hydrogen) atoms. The van der Waals surface area contributed by atoms with Crippen LogP contribution in [0.5, 0.6) is 5.75 Å². The molecule has 2 nitrogen and oxygen atoms in total. The summed E-state index contributed by atoms with van der Waals surface area (Å²) in [5, 5.41) is 0. The van der Waals surface area contributed by atoms with E-state index < -0.39 is 0 Å². The number of hydrogen-bond acceptors (Lipinski definition) is 2. The highest BCUT2D eigenvalue weighted by Crippen LogP contribution is 2.33. The fraction of sp³-hybridized carbons (Fsp3) is 0.250. The summed E-state index contributed by atoms with van der Waals surface area (Å²) >= 11 is 6.78. The number of nitrogens with two attached hydrogens (primary N) is 1. The lowest BCUT2D eigenvalue weighted by Crippen LogP contribution is -2.01. The van der Waals surface area contributed by atoms with E-state index in [1.54, 1.807) is 7.11 Å². The average molecular weight is 295 g/mol. The number of methoxy groups -OCH3 is 1. The third-order valence-electron chi connectivity index (χ3n) is 1.56. The second-order valence-electron chi connectivity index (χ2n) is 2.25. The highest BCUT2D eigenvalue weighted by molar-refractivity contribution is 9.11. The molecule has 0 amide bonds. The van der Waals surface area contributed by atoms with Crippen LogP contribution >= 0.6 is 31.9 Å². The number of hydrogen-bond donors (Lipinski definition) is 1. The zero-order valence-electron chi connectivity index (χ0n) is 6.60. The molecule has 0 radical (unpaired) electrons. The Labute approximate surface area is 88.3 Å². The summed E-state index contributed by atoms with van der Waals surface area (Å²) in [5.41, 5.74) is 6.54. The van der Waals surface area contributed by atoms with Gasteiger partial charge in [-0.25, -0.2) is 0 Å². The minimum absolute atomic E-state index is 0.462. The van der Waals surface area contributed by atoms with E-state index in [9.17, 15) is 0 Å². The van der Waals surface area contributed by atoms with Crippen LogP contribution in [0.25, 0.3) is 0 Å². The van der Waals surface area contributed by atoms with Crippen LogP contribution in [-0.2, 0) is 6.54 Å². The van der Waals surface area contributed by atoms with Gasteiger partial charge in [-0.3, -0.25) is 0 Å². The van der Waals surface area contributed by atoms with Crippen LogP contribution in [0.1, 0.15) is 5.56 Å². The molecular formula is C8H9Br2NO. The third kappa shape index (κ3) is 1.81. The maximum Gasteiger partial charge on any atom is 0.138 e. The summed E-state index contributed by atoms with van der Waals surface area (Å²) < 4.78 is 7.09. The van der Waals surface area contributed by atoms with Gasteiger partial charge in [-0.15, -0.1) is 0 Å². The van der Waals surface area contributed by atoms with Gasteiger partial charge in [0.2, 0.25) is 0 Å². The predicted molar refractivity (Wildman–Crippen MR) is 56.3 cm³/mol. The number of rotatable bonds is 2. The molecule has 1 aromatic rings. The predicted octanol–water partition coefficient (Wildman–Crippen LogP) is 2.68. The van der Waals surface area contributed by atoms with Crippen LogP contribution in [-0.4, -0.2) is 7.11 Å². The molecule has 66 valence electrons. The van der Waals surface area contributed by atoms with Gasteiger partial charge in [0, 0.05) is 16.6 Å². The maximum atomic E-state index is 5.57. The molecule has 1 rings (SSSR count). The highest BCUT2D eigenvalue weighted by atomic mass is 79.9. The third-order valence-corrected chi connectivity index (χ3v) is 2.93.